The average Bonchev–Trinajstić information content (AvgIpc) is 2.82. The van der Waals surface area contributed by atoms with Crippen LogP contribution in [0.15, 0.2) is 48.7 Å². The molecular formula is C25H23F4N3O4. The number of benzene rings is 2. The van der Waals surface area contributed by atoms with E-state index in [0.29, 0.717) is 18.4 Å². The molecule has 2 heterocycles. The van der Waals surface area contributed by atoms with E-state index < -0.39 is 41.9 Å². The van der Waals surface area contributed by atoms with Crippen LogP contribution in [-0.2, 0) is 0 Å². The molecule has 4 rings (SSSR count). The lowest BCUT2D eigenvalue weighted by molar-refractivity contribution is -0.0249. The van der Waals surface area contributed by atoms with Crippen molar-refractivity contribution in [3.63, 3.8) is 0 Å². The van der Waals surface area contributed by atoms with E-state index in [1.54, 1.807) is 29.3 Å². The molecule has 0 unspecified atom stereocenters. The number of halogens is 4. The van der Waals surface area contributed by atoms with Gasteiger partial charge >= 0.3 is 0 Å². The second kappa shape index (κ2) is 10.0. The van der Waals surface area contributed by atoms with Crippen LogP contribution in [0.5, 0.6) is 11.5 Å². The monoisotopic (exact) mass is 505 g/mol. The number of aromatic nitrogens is 1. The summed E-state index contributed by atoms with van der Waals surface area (Å²) in [5.74, 6) is -6.72. The van der Waals surface area contributed by atoms with Crippen molar-refractivity contribution in [3.8, 4) is 11.5 Å². The Morgan fingerprint density at radius 3 is 2.58 bits per heavy atom. The number of carbonyl (C=O) groups is 1. The van der Waals surface area contributed by atoms with Crippen LogP contribution in [0.4, 0.5) is 34.8 Å². The highest BCUT2D eigenvalue weighted by molar-refractivity contribution is 6.07. The smallest absolute Gasteiger partial charge is 0.278 e. The topological polar surface area (TPSA) is 83.9 Å². The predicted molar refractivity (Wildman–Crippen MR) is 124 cm³/mol. The van der Waals surface area contributed by atoms with Crippen LogP contribution >= 0.6 is 0 Å². The van der Waals surface area contributed by atoms with Crippen molar-refractivity contribution in [1.29, 1.82) is 0 Å². The van der Waals surface area contributed by atoms with Gasteiger partial charge in [-0.1, -0.05) is 12.1 Å². The highest BCUT2D eigenvalue weighted by Gasteiger charge is 2.32. The number of anilines is 3. The number of carbonyl (C=O) groups excluding carboxylic acids is 1. The number of amides is 1. The number of aryl methyl sites for hydroxylation is 1. The zero-order valence-electron chi connectivity index (χ0n) is 19.4. The maximum absolute atomic E-state index is 14.3. The number of rotatable bonds is 7. The van der Waals surface area contributed by atoms with E-state index in [0.717, 1.165) is 17.7 Å². The van der Waals surface area contributed by atoms with Crippen LogP contribution in [0, 0.1) is 18.6 Å². The number of fused-ring (bicyclic) bond motifs is 1. The number of pyridine rings is 1. The normalized spacial score (nSPS) is 15.2. The van der Waals surface area contributed by atoms with Gasteiger partial charge in [-0.25, -0.2) is 22.5 Å². The van der Waals surface area contributed by atoms with Crippen molar-refractivity contribution in [2.24, 2.45) is 0 Å². The Hall–Kier alpha value is -3.86. The number of nitrogens with zero attached hydrogens (tertiary/aromatic N) is 2. The summed E-state index contributed by atoms with van der Waals surface area (Å²) in [4.78, 5) is 19.2. The molecular weight excluding hydrogens is 482 g/mol. The fourth-order valence-corrected chi connectivity index (χ4v) is 3.71. The minimum atomic E-state index is -3.28. The Morgan fingerprint density at radius 2 is 1.97 bits per heavy atom. The standard InChI is InChI=1S/C25H23F4N3O4/c1-14-6-7-21(30-10-14)32-16(11-33)12-35-22-17(4-3-5-20(22)32)24(34)31-15-8-18(26)23(19(27)9-15)36-13-25(2,28)29/h3-10,16,33H,11-13H2,1-2H3,(H,31,34)/t16-/m0/s1. The van der Waals surface area contributed by atoms with Gasteiger partial charge < -0.3 is 24.8 Å². The maximum atomic E-state index is 14.3. The Morgan fingerprint density at radius 1 is 1.25 bits per heavy atom. The molecule has 0 spiro atoms. The molecule has 7 nitrogen and oxygen atoms in total. The van der Waals surface area contributed by atoms with Gasteiger partial charge in [0.2, 0.25) is 0 Å². The highest BCUT2D eigenvalue weighted by atomic mass is 19.3. The van der Waals surface area contributed by atoms with Crippen molar-refractivity contribution >= 4 is 23.1 Å². The molecule has 1 aliphatic rings. The van der Waals surface area contributed by atoms with Crippen LogP contribution in [0.2, 0.25) is 0 Å². The third kappa shape index (κ3) is 5.35. The van der Waals surface area contributed by atoms with Gasteiger partial charge in [0, 0.05) is 30.9 Å². The summed E-state index contributed by atoms with van der Waals surface area (Å²) >= 11 is 0. The van der Waals surface area contributed by atoms with Gasteiger partial charge in [0.05, 0.1) is 23.9 Å². The van der Waals surface area contributed by atoms with E-state index in [4.69, 9.17) is 4.74 Å². The van der Waals surface area contributed by atoms with Crippen LogP contribution < -0.4 is 19.7 Å². The van der Waals surface area contributed by atoms with E-state index >= 15 is 0 Å². The summed E-state index contributed by atoms with van der Waals surface area (Å²) < 4.78 is 65.0. The lowest BCUT2D eigenvalue weighted by atomic mass is 10.1. The summed E-state index contributed by atoms with van der Waals surface area (Å²) in [5.41, 5.74) is 1.25. The summed E-state index contributed by atoms with van der Waals surface area (Å²) in [6.45, 7) is 1.06. The number of hydrogen-bond donors (Lipinski definition) is 2. The first kappa shape index (κ1) is 25.2. The number of aliphatic hydroxyl groups is 1. The van der Waals surface area contributed by atoms with Crippen molar-refractivity contribution in [1.82, 2.24) is 4.98 Å². The predicted octanol–water partition coefficient (Wildman–Crippen LogP) is 4.85. The first-order chi connectivity index (χ1) is 17.1. The van der Waals surface area contributed by atoms with Crippen molar-refractivity contribution in [3.05, 3.63) is 71.4 Å². The molecule has 0 bridgehead atoms. The molecule has 2 aromatic carbocycles. The number of nitrogens with one attached hydrogen (secondary N) is 1. The number of ether oxygens (including phenoxy) is 2. The Balaban J connectivity index is 1.62. The maximum Gasteiger partial charge on any atom is 0.278 e. The summed E-state index contributed by atoms with van der Waals surface area (Å²) in [6.07, 6.45) is 1.67. The van der Waals surface area contributed by atoms with Gasteiger partial charge in [-0.05, 0) is 30.7 Å². The molecule has 0 radical (unpaired) electrons. The van der Waals surface area contributed by atoms with Crippen LogP contribution in [-0.4, -0.2) is 47.8 Å². The average molecular weight is 505 g/mol. The van der Waals surface area contributed by atoms with Gasteiger partial charge in [-0.2, -0.15) is 0 Å². The first-order valence-corrected chi connectivity index (χ1v) is 11.0. The molecule has 36 heavy (non-hydrogen) atoms. The molecule has 0 aliphatic carbocycles. The Labute approximate surface area is 204 Å². The Kier molecular flexibility index (Phi) is 7.02. The number of alkyl halides is 2. The second-order valence-electron chi connectivity index (χ2n) is 8.45. The molecule has 11 heteroatoms. The summed E-state index contributed by atoms with van der Waals surface area (Å²) in [5, 5.41) is 12.3. The highest BCUT2D eigenvalue weighted by Crippen LogP contribution is 2.41. The van der Waals surface area contributed by atoms with E-state index in [-0.39, 0.29) is 30.2 Å². The molecule has 1 amide bonds. The molecule has 0 saturated heterocycles. The largest absolute Gasteiger partial charge is 0.488 e. The lowest BCUT2D eigenvalue weighted by Crippen LogP contribution is -2.43. The molecule has 1 aliphatic heterocycles. The second-order valence-corrected chi connectivity index (χ2v) is 8.45. The Bertz CT molecular complexity index is 1240. The summed E-state index contributed by atoms with van der Waals surface area (Å²) in [7, 11) is 0. The molecule has 190 valence electrons. The third-order valence-electron chi connectivity index (χ3n) is 5.36. The zero-order chi connectivity index (χ0) is 26.0. The number of hydrogen-bond acceptors (Lipinski definition) is 6. The first-order valence-electron chi connectivity index (χ1n) is 11.0. The van der Waals surface area contributed by atoms with Crippen molar-refractivity contribution < 1.29 is 36.9 Å². The fourth-order valence-electron chi connectivity index (χ4n) is 3.71. The number of aliphatic hydroxyl groups excluding tert-OH is 1. The molecule has 1 aromatic heterocycles. The van der Waals surface area contributed by atoms with Gasteiger partial charge in [0.15, 0.2) is 29.7 Å². The SMILES string of the molecule is Cc1ccc(N2c3cccc(C(=O)Nc4cc(F)c(OCC(C)(F)F)c(F)c4)c3OC[C@@H]2CO)nc1. The van der Waals surface area contributed by atoms with Gasteiger partial charge in [0.1, 0.15) is 12.4 Å². The zero-order valence-corrected chi connectivity index (χ0v) is 19.4. The third-order valence-corrected chi connectivity index (χ3v) is 5.36. The van der Waals surface area contributed by atoms with Gasteiger partial charge in [-0.15, -0.1) is 0 Å². The lowest BCUT2D eigenvalue weighted by Gasteiger charge is -2.37. The minimum absolute atomic E-state index is 0.0563. The fraction of sp³-hybridized carbons (Fsp3) is 0.280. The molecule has 1 atom stereocenters. The van der Waals surface area contributed by atoms with Crippen LogP contribution in [0.25, 0.3) is 0 Å². The van der Waals surface area contributed by atoms with Crippen LogP contribution in [0.1, 0.15) is 22.8 Å². The van der Waals surface area contributed by atoms with E-state index in [1.807, 2.05) is 13.0 Å². The molecule has 2 N–H and O–H groups in total. The van der Waals surface area contributed by atoms with E-state index in [2.05, 4.69) is 15.0 Å². The van der Waals surface area contributed by atoms with Gasteiger partial charge in [-0.3, -0.25) is 4.79 Å². The van der Waals surface area contributed by atoms with Crippen LogP contribution in [0.3, 0.4) is 0 Å². The molecule has 0 fully saturated rings. The van der Waals surface area contributed by atoms with Crippen molar-refractivity contribution in [2.75, 3.05) is 30.0 Å². The van der Waals surface area contributed by atoms with Crippen molar-refractivity contribution in [2.45, 2.75) is 25.8 Å². The van der Waals surface area contributed by atoms with E-state index in [9.17, 15) is 27.5 Å². The summed E-state index contributed by atoms with van der Waals surface area (Å²) in [6, 6.07) is 9.49. The molecule has 3 aromatic rings. The number of para-hydroxylation sites is 1. The quantitative estimate of drug-likeness (QED) is 0.447. The van der Waals surface area contributed by atoms with E-state index in [1.165, 1.54) is 6.07 Å². The minimum Gasteiger partial charge on any atom is -0.488 e. The van der Waals surface area contributed by atoms with Gasteiger partial charge in [0.25, 0.3) is 11.8 Å². The molecule has 0 saturated carbocycles.